The van der Waals surface area contributed by atoms with Gasteiger partial charge in [0.25, 0.3) is 5.91 Å². The number of amides is 2. The summed E-state index contributed by atoms with van der Waals surface area (Å²) in [6, 6.07) is 15.5. The molecule has 2 amide bonds. The van der Waals surface area contributed by atoms with Crippen LogP contribution in [0.25, 0.3) is 11.0 Å². The summed E-state index contributed by atoms with van der Waals surface area (Å²) in [4.78, 5) is 34.2. The molecular formula is C24H27BrN4O2. The second-order valence-corrected chi connectivity index (χ2v) is 8.94. The Morgan fingerprint density at radius 1 is 1.10 bits per heavy atom. The number of fused-ring (bicyclic) bond motifs is 1. The van der Waals surface area contributed by atoms with Crippen molar-refractivity contribution in [3.63, 3.8) is 0 Å². The van der Waals surface area contributed by atoms with Crippen molar-refractivity contribution in [1.82, 2.24) is 19.4 Å². The minimum Gasteiger partial charge on any atom is -0.339 e. The van der Waals surface area contributed by atoms with E-state index in [4.69, 9.17) is 4.98 Å². The molecule has 1 fully saturated rings. The summed E-state index contributed by atoms with van der Waals surface area (Å²) in [5.74, 6) is 1.01. The lowest BCUT2D eigenvalue weighted by Gasteiger charge is -2.33. The molecule has 0 bridgehead atoms. The van der Waals surface area contributed by atoms with Gasteiger partial charge in [0.2, 0.25) is 5.91 Å². The molecule has 0 atom stereocenters. The van der Waals surface area contributed by atoms with Crippen molar-refractivity contribution in [3.8, 4) is 0 Å². The maximum Gasteiger partial charge on any atom is 0.253 e. The Hall–Kier alpha value is -2.67. The number of rotatable bonds is 5. The Kier molecular flexibility index (Phi) is 6.41. The van der Waals surface area contributed by atoms with Gasteiger partial charge in [0, 0.05) is 42.6 Å². The van der Waals surface area contributed by atoms with Gasteiger partial charge >= 0.3 is 0 Å². The number of aromatic nitrogens is 2. The first kappa shape index (κ1) is 21.6. The van der Waals surface area contributed by atoms with Gasteiger partial charge in [-0.3, -0.25) is 9.59 Å². The molecule has 2 aromatic carbocycles. The average Bonchev–Trinajstić information content (AvgIpc) is 3.15. The molecule has 1 saturated heterocycles. The SMILES string of the molecule is CCn1c(CN(C)C(=O)C2CCN(C(=O)c3ccc(Br)cc3)CC2)nc2ccccc21. The van der Waals surface area contributed by atoms with Crippen molar-refractivity contribution in [2.75, 3.05) is 20.1 Å². The van der Waals surface area contributed by atoms with Crippen LogP contribution >= 0.6 is 15.9 Å². The molecule has 0 saturated carbocycles. The van der Waals surface area contributed by atoms with Gasteiger partial charge in [-0.15, -0.1) is 0 Å². The first-order valence-electron chi connectivity index (χ1n) is 10.7. The molecule has 162 valence electrons. The largest absolute Gasteiger partial charge is 0.339 e. The Morgan fingerprint density at radius 2 is 1.77 bits per heavy atom. The molecule has 1 aliphatic heterocycles. The normalized spacial score (nSPS) is 14.7. The lowest BCUT2D eigenvalue weighted by molar-refractivity contribution is -0.136. The molecule has 0 N–H and O–H groups in total. The van der Waals surface area contributed by atoms with E-state index >= 15 is 0 Å². The van der Waals surface area contributed by atoms with Gasteiger partial charge in [0.15, 0.2) is 0 Å². The smallest absolute Gasteiger partial charge is 0.253 e. The highest BCUT2D eigenvalue weighted by atomic mass is 79.9. The van der Waals surface area contributed by atoms with Crippen molar-refractivity contribution >= 4 is 38.8 Å². The molecule has 31 heavy (non-hydrogen) atoms. The maximum absolute atomic E-state index is 13.1. The highest BCUT2D eigenvalue weighted by Gasteiger charge is 2.30. The van der Waals surface area contributed by atoms with Gasteiger partial charge in [-0.25, -0.2) is 4.98 Å². The molecule has 0 aliphatic carbocycles. The van der Waals surface area contributed by atoms with E-state index < -0.39 is 0 Å². The fourth-order valence-electron chi connectivity index (χ4n) is 4.31. The molecule has 0 radical (unpaired) electrons. The average molecular weight is 483 g/mol. The van der Waals surface area contributed by atoms with Crippen molar-refractivity contribution < 1.29 is 9.59 Å². The summed E-state index contributed by atoms with van der Waals surface area (Å²) in [5, 5.41) is 0. The zero-order valence-corrected chi connectivity index (χ0v) is 19.5. The highest BCUT2D eigenvalue weighted by Crippen LogP contribution is 2.23. The quantitative estimate of drug-likeness (QED) is 0.543. The number of nitrogens with zero attached hydrogens (tertiary/aromatic N) is 4. The number of para-hydroxylation sites is 2. The maximum atomic E-state index is 13.1. The summed E-state index contributed by atoms with van der Waals surface area (Å²) in [6.45, 7) is 4.60. The second kappa shape index (κ2) is 9.22. The number of benzene rings is 2. The van der Waals surface area contributed by atoms with E-state index in [9.17, 15) is 9.59 Å². The zero-order chi connectivity index (χ0) is 22.0. The fraction of sp³-hybridized carbons (Fsp3) is 0.375. The minimum absolute atomic E-state index is 0.0309. The number of likely N-dealkylation sites (tertiary alicyclic amines) is 1. The second-order valence-electron chi connectivity index (χ2n) is 8.03. The number of carbonyl (C=O) groups excluding carboxylic acids is 2. The van der Waals surface area contributed by atoms with Crippen LogP contribution in [0, 0.1) is 5.92 Å². The summed E-state index contributed by atoms with van der Waals surface area (Å²) in [7, 11) is 1.85. The number of hydrogen-bond acceptors (Lipinski definition) is 3. The van der Waals surface area contributed by atoms with Crippen LogP contribution in [0.5, 0.6) is 0 Å². The van der Waals surface area contributed by atoms with Crippen LogP contribution in [0.4, 0.5) is 0 Å². The number of piperidine rings is 1. The van der Waals surface area contributed by atoms with Crippen molar-refractivity contribution in [1.29, 1.82) is 0 Å². The van der Waals surface area contributed by atoms with Crippen LogP contribution in [-0.2, 0) is 17.9 Å². The van der Waals surface area contributed by atoms with Crippen LogP contribution in [0.2, 0.25) is 0 Å². The van der Waals surface area contributed by atoms with E-state index in [1.54, 1.807) is 4.90 Å². The Balaban J connectivity index is 1.37. The summed E-state index contributed by atoms with van der Waals surface area (Å²) >= 11 is 3.40. The Morgan fingerprint density at radius 3 is 2.45 bits per heavy atom. The van der Waals surface area contributed by atoms with Crippen molar-refractivity contribution in [2.45, 2.75) is 32.9 Å². The molecule has 2 heterocycles. The number of aryl methyl sites for hydroxylation is 1. The summed E-state index contributed by atoms with van der Waals surface area (Å²) in [6.07, 6.45) is 1.38. The molecule has 6 nitrogen and oxygen atoms in total. The van der Waals surface area contributed by atoms with Gasteiger partial charge < -0.3 is 14.4 Å². The van der Waals surface area contributed by atoms with E-state index in [-0.39, 0.29) is 17.7 Å². The van der Waals surface area contributed by atoms with E-state index in [2.05, 4.69) is 33.5 Å². The van der Waals surface area contributed by atoms with E-state index in [1.165, 1.54) is 0 Å². The van der Waals surface area contributed by atoms with Crippen LogP contribution in [0.3, 0.4) is 0 Å². The van der Waals surface area contributed by atoms with Crippen LogP contribution in [-0.4, -0.2) is 51.3 Å². The molecule has 0 unspecified atom stereocenters. The van der Waals surface area contributed by atoms with Crippen LogP contribution in [0.1, 0.15) is 35.9 Å². The van der Waals surface area contributed by atoms with E-state index in [1.807, 2.05) is 54.4 Å². The number of carbonyl (C=O) groups is 2. The predicted molar refractivity (Wildman–Crippen MR) is 125 cm³/mol. The molecule has 7 heteroatoms. The highest BCUT2D eigenvalue weighted by molar-refractivity contribution is 9.10. The lowest BCUT2D eigenvalue weighted by atomic mass is 9.95. The molecule has 3 aromatic rings. The van der Waals surface area contributed by atoms with Gasteiger partial charge in [0.05, 0.1) is 17.6 Å². The lowest BCUT2D eigenvalue weighted by Crippen LogP contribution is -2.43. The monoisotopic (exact) mass is 482 g/mol. The van der Waals surface area contributed by atoms with Crippen molar-refractivity contribution in [3.05, 3.63) is 64.4 Å². The van der Waals surface area contributed by atoms with Gasteiger partial charge in [-0.1, -0.05) is 28.1 Å². The summed E-state index contributed by atoms with van der Waals surface area (Å²) < 4.78 is 3.12. The Labute approximate surface area is 191 Å². The molecule has 0 spiro atoms. The molecule has 1 aromatic heterocycles. The van der Waals surface area contributed by atoms with Crippen LogP contribution < -0.4 is 0 Å². The third-order valence-electron chi connectivity index (χ3n) is 6.03. The van der Waals surface area contributed by atoms with E-state index in [0.717, 1.165) is 27.9 Å². The van der Waals surface area contributed by atoms with Gasteiger partial charge in [-0.05, 0) is 56.2 Å². The first-order chi connectivity index (χ1) is 15.0. The molecule has 1 aliphatic rings. The van der Waals surface area contributed by atoms with Crippen LogP contribution in [0.15, 0.2) is 53.0 Å². The predicted octanol–water partition coefficient (Wildman–Crippen LogP) is 4.33. The molecular weight excluding hydrogens is 456 g/mol. The summed E-state index contributed by atoms with van der Waals surface area (Å²) in [5.41, 5.74) is 2.74. The first-order valence-corrected chi connectivity index (χ1v) is 11.5. The third-order valence-corrected chi connectivity index (χ3v) is 6.56. The van der Waals surface area contributed by atoms with E-state index in [0.29, 0.717) is 38.0 Å². The standard InChI is InChI=1S/C24H27BrN4O2/c1-3-29-21-7-5-4-6-20(21)26-22(29)16-27(2)23(30)18-12-14-28(15-13-18)24(31)17-8-10-19(25)11-9-17/h4-11,18H,3,12-16H2,1-2H3. The third kappa shape index (κ3) is 4.51. The topological polar surface area (TPSA) is 58.4 Å². The number of hydrogen-bond donors (Lipinski definition) is 0. The van der Waals surface area contributed by atoms with Crippen molar-refractivity contribution in [2.24, 2.45) is 5.92 Å². The molecule has 4 rings (SSSR count). The number of imidazole rings is 1. The van der Waals surface area contributed by atoms with Gasteiger partial charge in [-0.2, -0.15) is 0 Å². The minimum atomic E-state index is -0.0570. The zero-order valence-electron chi connectivity index (χ0n) is 17.9. The van der Waals surface area contributed by atoms with Gasteiger partial charge in [0.1, 0.15) is 5.82 Å². The number of halogens is 1. The Bertz CT molecular complexity index is 1080. The fourth-order valence-corrected chi connectivity index (χ4v) is 4.57.